The first-order valence-corrected chi connectivity index (χ1v) is 12.2. The number of hydrogen-bond donors (Lipinski definition) is 0. The van der Waals surface area contributed by atoms with E-state index in [2.05, 4.69) is 4.28 Å². The number of imide groups is 1. The highest BCUT2D eigenvalue weighted by molar-refractivity contribution is 7.86. The maximum absolute atomic E-state index is 13.2. The second kappa shape index (κ2) is 9.14. The summed E-state index contributed by atoms with van der Waals surface area (Å²) < 4.78 is 109. The summed E-state index contributed by atoms with van der Waals surface area (Å²) in [4.78, 5) is 24.6. The summed E-state index contributed by atoms with van der Waals surface area (Å²) in [5.41, 5.74) is -3.31. The molecule has 3 aromatic carbocycles. The Labute approximate surface area is 206 Å². The minimum atomic E-state index is -5.50. The third kappa shape index (κ3) is 5.05. The van der Waals surface area contributed by atoms with Crippen molar-refractivity contribution >= 4 is 32.7 Å². The first-order valence-electron chi connectivity index (χ1n) is 10.8. The van der Waals surface area contributed by atoms with Crippen LogP contribution in [-0.2, 0) is 33.2 Å². The minimum Gasteiger partial charge on any atom is -0.266 e. The van der Waals surface area contributed by atoms with Gasteiger partial charge in [0.2, 0.25) is 0 Å². The zero-order valence-corrected chi connectivity index (χ0v) is 19.7. The number of aryl methyl sites for hydroxylation is 1. The van der Waals surface area contributed by atoms with Crippen molar-refractivity contribution in [2.75, 3.05) is 0 Å². The minimum absolute atomic E-state index is 0.0685. The molecule has 13 heteroatoms. The smallest absolute Gasteiger partial charge is 0.266 e. The Morgan fingerprint density at radius 1 is 0.838 bits per heavy atom. The molecule has 0 saturated heterocycles. The third-order valence-corrected chi connectivity index (χ3v) is 6.87. The summed E-state index contributed by atoms with van der Waals surface area (Å²) in [5.74, 6) is -2.46. The molecule has 1 aliphatic rings. The fourth-order valence-electron chi connectivity index (χ4n) is 3.95. The Balaban J connectivity index is 1.79. The molecule has 4 rings (SSSR count). The van der Waals surface area contributed by atoms with Crippen molar-refractivity contribution in [3.8, 4) is 0 Å². The van der Waals surface area contributed by atoms with Crippen LogP contribution in [0.1, 0.15) is 57.2 Å². The van der Waals surface area contributed by atoms with Crippen molar-refractivity contribution in [2.45, 2.75) is 43.4 Å². The quantitative estimate of drug-likeness (QED) is 0.275. The fourth-order valence-corrected chi connectivity index (χ4v) is 4.91. The topological polar surface area (TPSA) is 80.8 Å². The van der Waals surface area contributed by atoms with E-state index in [1.165, 1.54) is 18.2 Å². The van der Waals surface area contributed by atoms with Crippen LogP contribution in [0.4, 0.5) is 26.3 Å². The van der Waals surface area contributed by atoms with E-state index in [9.17, 15) is 44.3 Å². The van der Waals surface area contributed by atoms with Crippen LogP contribution in [0.25, 0.3) is 10.8 Å². The van der Waals surface area contributed by atoms with Crippen molar-refractivity contribution in [2.24, 2.45) is 0 Å². The molecule has 0 unspecified atom stereocenters. The molecule has 37 heavy (non-hydrogen) atoms. The van der Waals surface area contributed by atoms with E-state index in [4.69, 9.17) is 0 Å². The number of carbonyl (C=O) groups is 2. The summed E-state index contributed by atoms with van der Waals surface area (Å²) in [5, 5.41) is 0.593. The lowest BCUT2D eigenvalue weighted by Gasteiger charge is -2.26. The van der Waals surface area contributed by atoms with E-state index in [-0.39, 0.29) is 39.8 Å². The first-order chi connectivity index (χ1) is 17.1. The van der Waals surface area contributed by atoms with Crippen molar-refractivity contribution < 1.29 is 48.6 Å². The van der Waals surface area contributed by atoms with Gasteiger partial charge in [-0.15, -0.1) is 9.35 Å². The van der Waals surface area contributed by atoms with Gasteiger partial charge in [0.05, 0.1) is 27.1 Å². The van der Waals surface area contributed by atoms with E-state index >= 15 is 0 Å². The average Bonchev–Trinajstić information content (AvgIpc) is 2.82. The van der Waals surface area contributed by atoms with E-state index in [0.717, 1.165) is 12.8 Å². The van der Waals surface area contributed by atoms with E-state index in [0.29, 0.717) is 17.4 Å². The third-order valence-electron chi connectivity index (χ3n) is 5.71. The number of halogens is 6. The number of hydroxylamine groups is 2. The van der Waals surface area contributed by atoms with Gasteiger partial charge in [-0.25, -0.2) is 0 Å². The molecular formula is C24H17F6NO5S. The maximum atomic E-state index is 13.2. The predicted octanol–water partition coefficient (Wildman–Crippen LogP) is 6.14. The molecule has 2 amide bonds. The molecule has 0 atom stereocenters. The predicted molar refractivity (Wildman–Crippen MR) is 118 cm³/mol. The number of alkyl halides is 6. The first kappa shape index (κ1) is 26.6. The van der Waals surface area contributed by atoms with Gasteiger partial charge in [0.15, 0.2) is 0 Å². The van der Waals surface area contributed by atoms with Crippen LogP contribution in [0.3, 0.4) is 0 Å². The molecule has 0 bridgehead atoms. The molecular weight excluding hydrogens is 528 g/mol. The molecule has 196 valence electrons. The van der Waals surface area contributed by atoms with Gasteiger partial charge in [0.1, 0.15) is 0 Å². The van der Waals surface area contributed by atoms with Crippen molar-refractivity contribution in [1.29, 1.82) is 0 Å². The molecule has 0 fully saturated rings. The molecule has 0 aliphatic carbocycles. The summed E-state index contributed by atoms with van der Waals surface area (Å²) >= 11 is 0. The van der Waals surface area contributed by atoms with Crippen LogP contribution in [0.2, 0.25) is 0 Å². The molecule has 0 saturated carbocycles. The number of unbranched alkanes of at least 4 members (excludes halogenated alkanes) is 1. The lowest BCUT2D eigenvalue weighted by Crippen LogP contribution is -2.41. The SMILES string of the molecule is CCCCc1cc2c3c(cccc3c1)C(=O)N(OS(=O)(=O)c1cc(C(F)(F)F)cc(C(F)(F)F)c1)C2=O. The highest BCUT2D eigenvalue weighted by Crippen LogP contribution is 2.38. The van der Waals surface area contributed by atoms with Crippen LogP contribution in [-0.4, -0.2) is 25.3 Å². The molecule has 0 N–H and O–H groups in total. The number of hydrogen-bond acceptors (Lipinski definition) is 5. The monoisotopic (exact) mass is 545 g/mol. The van der Waals surface area contributed by atoms with E-state index in [1.54, 1.807) is 12.1 Å². The van der Waals surface area contributed by atoms with Gasteiger partial charge < -0.3 is 0 Å². The van der Waals surface area contributed by atoms with E-state index < -0.39 is 50.3 Å². The van der Waals surface area contributed by atoms with Crippen LogP contribution in [0, 0.1) is 0 Å². The molecule has 6 nitrogen and oxygen atoms in total. The van der Waals surface area contributed by atoms with Crippen molar-refractivity contribution in [3.05, 3.63) is 76.3 Å². The second-order valence-electron chi connectivity index (χ2n) is 8.33. The van der Waals surface area contributed by atoms with Gasteiger partial charge in [-0.05, 0) is 54.1 Å². The number of nitrogens with zero attached hydrogens (tertiary/aromatic N) is 1. The second-order valence-corrected chi connectivity index (χ2v) is 9.85. The normalized spacial score (nSPS) is 14.5. The Hall–Kier alpha value is -3.45. The Morgan fingerprint density at radius 2 is 1.43 bits per heavy atom. The summed E-state index contributed by atoms with van der Waals surface area (Å²) in [6, 6.07) is 7.24. The van der Waals surface area contributed by atoms with Crippen molar-refractivity contribution in [1.82, 2.24) is 5.06 Å². The Morgan fingerprint density at radius 3 is 2.00 bits per heavy atom. The number of carbonyl (C=O) groups excluding carboxylic acids is 2. The molecule has 0 aromatic heterocycles. The van der Waals surface area contributed by atoms with Gasteiger partial charge in [-0.2, -0.15) is 34.8 Å². The number of rotatable bonds is 6. The standard InChI is InChI=1S/C24H17F6NO5S/c1-2-3-5-13-8-14-6-4-7-18-20(14)19(9-13)22(33)31(21(18)32)36-37(34,35)17-11-15(23(25,26)27)10-16(12-17)24(28,29)30/h4,6-12H,2-3,5H2,1H3. The number of amides is 2. The van der Waals surface area contributed by atoms with Gasteiger partial charge in [0.25, 0.3) is 11.8 Å². The highest BCUT2D eigenvalue weighted by Gasteiger charge is 2.41. The van der Waals surface area contributed by atoms with Gasteiger partial charge in [-0.3, -0.25) is 9.59 Å². The molecule has 3 aromatic rings. The number of benzene rings is 3. The van der Waals surface area contributed by atoms with E-state index in [1.807, 2.05) is 6.92 Å². The Bertz CT molecular complexity index is 1500. The lowest BCUT2D eigenvalue weighted by molar-refractivity contribution is -0.143. The zero-order valence-electron chi connectivity index (χ0n) is 18.9. The van der Waals surface area contributed by atoms with Crippen LogP contribution >= 0.6 is 0 Å². The van der Waals surface area contributed by atoms with Gasteiger partial charge >= 0.3 is 22.5 Å². The molecule has 1 aliphatic heterocycles. The van der Waals surface area contributed by atoms with Crippen molar-refractivity contribution in [3.63, 3.8) is 0 Å². The zero-order chi connectivity index (χ0) is 27.3. The summed E-state index contributed by atoms with van der Waals surface area (Å²) in [7, 11) is -5.50. The molecule has 1 heterocycles. The Kier molecular flexibility index (Phi) is 6.57. The van der Waals surface area contributed by atoms with Crippen LogP contribution in [0.5, 0.6) is 0 Å². The van der Waals surface area contributed by atoms with Gasteiger partial charge in [0, 0.05) is 5.39 Å². The maximum Gasteiger partial charge on any atom is 0.416 e. The van der Waals surface area contributed by atoms with Gasteiger partial charge in [-0.1, -0.05) is 31.5 Å². The van der Waals surface area contributed by atoms with Crippen LogP contribution in [0.15, 0.2) is 53.4 Å². The fraction of sp³-hybridized carbons (Fsp3) is 0.250. The highest BCUT2D eigenvalue weighted by atomic mass is 32.2. The molecule has 0 spiro atoms. The molecule has 0 radical (unpaired) electrons. The summed E-state index contributed by atoms with van der Waals surface area (Å²) in [6.07, 6.45) is -8.49. The summed E-state index contributed by atoms with van der Waals surface area (Å²) in [6.45, 7) is 1.95. The average molecular weight is 545 g/mol. The lowest BCUT2D eigenvalue weighted by atomic mass is 9.92. The largest absolute Gasteiger partial charge is 0.416 e. The van der Waals surface area contributed by atoms with Crippen LogP contribution < -0.4 is 0 Å².